The lowest BCUT2D eigenvalue weighted by atomic mass is 9.98. The van der Waals surface area contributed by atoms with Gasteiger partial charge in [-0.2, -0.15) is 5.10 Å². The van der Waals surface area contributed by atoms with Gasteiger partial charge in [0.25, 0.3) is 0 Å². The minimum absolute atomic E-state index is 0.415. The van der Waals surface area contributed by atoms with Gasteiger partial charge in [-0.1, -0.05) is 0 Å². The molecule has 0 radical (unpaired) electrons. The van der Waals surface area contributed by atoms with Crippen molar-refractivity contribution in [3.8, 4) is 0 Å². The summed E-state index contributed by atoms with van der Waals surface area (Å²) >= 11 is 0. The predicted octanol–water partition coefficient (Wildman–Crippen LogP) is 1.49. The number of Topliss-reactive ketones (excluding diaryl/α,β-unsaturated/α-hetero) is 1. The van der Waals surface area contributed by atoms with Crippen molar-refractivity contribution >= 4 is 11.5 Å². The first-order chi connectivity index (χ1) is 5.83. The molecule has 3 nitrogen and oxygen atoms in total. The molecule has 1 N–H and O–H groups in total. The molecule has 0 aromatic carbocycles. The number of hydrogen-bond acceptors (Lipinski definition) is 3. The molecule has 1 aliphatic carbocycles. The topological polar surface area (TPSA) is 41.5 Å². The summed E-state index contributed by atoms with van der Waals surface area (Å²) in [5.41, 5.74) is 4.01. The largest absolute Gasteiger partial charge is 0.313 e. The monoisotopic (exact) mass is 168 g/mol. The van der Waals surface area contributed by atoms with Crippen LogP contribution in [0.15, 0.2) is 5.10 Å². The number of rotatable bonds is 1. The van der Waals surface area contributed by atoms with Crippen LogP contribution < -0.4 is 5.43 Å². The summed E-state index contributed by atoms with van der Waals surface area (Å²) < 4.78 is 0. The van der Waals surface area contributed by atoms with E-state index in [0.717, 1.165) is 38.5 Å². The summed E-state index contributed by atoms with van der Waals surface area (Å²) in [5, 5.41) is 4.17. The first-order valence-corrected chi connectivity index (χ1v) is 4.57. The average molecular weight is 168 g/mol. The molecule has 0 heterocycles. The maximum atomic E-state index is 11.0. The standard InChI is InChI=1S/C9H16N2O/c1-10-11-8-4-2-6-9(12)7-3-5-8/h10H,2-7H2,1H3. The Balaban J connectivity index is 2.40. The van der Waals surface area contributed by atoms with Crippen molar-refractivity contribution in [2.24, 2.45) is 5.10 Å². The van der Waals surface area contributed by atoms with E-state index in [-0.39, 0.29) is 0 Å². The van der Waals surface area contributed by atoms with Crippen LogP contribution >= 0.6 is 0 Å². The van der Waals surface area contributed by atoms with Crippen molar-refractivity contribution in [3.63, 3.8) is 0 Å². The predicted molar refractivity (Wildman–Crippen MR) is 49.2 cm³/mol. The number of carbonyl (C=O) groups excluding carboxylic acids is 1. The molecule has 0 bridgehead atoms. The maximum absolute atomic E-state index is 11.0. The fourth-order valence-corrected chi connectivity index (χ4v) is 1.50. The van der Waals surface area contributed by atoms with Crippen molar-refractivity contribution in [2.45, 2.75) is 38.5 Å². The maximum Gasteiger partial charge on any atom is 0.132 e. The molecular weight excluding hydrogens is 152 g/mol. The van der Waals surface area contributed by atoms with Gasteiger partial charge in [-0.15, -0.1) is 0 Å². The van der Waals surface area contributed by atoms with Crippen LogP contribution in [-0.4, -0.2) is 18.5 Å². The minimum Gasteiger partial charge on any atom is -0.313 e. The van der Waals surface area contributed by atoms with Crippen molar-refractivity contribution in [1.82, 2.24) is 5.43 Å². The van der Waals surface area contributed by atoms with Gasteiger partial charge >= 0.3 is 0 Å². The number of hydrogen-bond donors (Lipinski definition) is 1. The van der Waals surface area contributed by atoms with Gasteiger partial charge in [0.2, 0.25) is 0 Å². The Morgan fingerprint density at radius 1 is 1.17 bits per heavy atom. The fourth-order valence-electron chi connectivity index (χ4n) is 1.50. The van der Waals surface area contributed by atoms with E-state index in [1.54, 1.807) is 0 Å². The molecule has 1 saturated carbocycles. The number of hydrazone groups is 1. The van der Waals surface area contributed by atoms with E-state index < -0.39 is 0 Å². The van der Waals surface area contributed by atoms with E-state index in [9.17, 15) is 4.79 Å². The fraction of sp³-hybridized carbons (Fsp3) is 0.778. The van der Waals surface area contributed by atoms with Crippen molar-refractivity contribution in [2.75, 3.05) is 7.05 Å². The first kappa shape index (κ1) is 9.23. The number of nitrogens with zero attached hydrogens (tertiary/aromatic N) is 1. The number of carbonyl (C=O) groups is 1. The Morgan fingerprint density at radius 3 is 2.25 bits per heavy atom. The van der Waals surface area contributed by atoms with E-state index in [4.69, 9.17) is 0 Å². The molecule has 0 aromatic rings. The Labute approximate surface area is 73.2 Å². The molecule has 3 heteroatoms. The normalized spacial score (nSPS) is 19.8. The molecule has 1 aliphatic rings. The number of ketones is 1. The van der Waals surface area contributed by atoms with Crippen LogP contribution in [-0.2, 0) is 4.79 Å². The summed E-state index contributed by atoms with van der Waals surface area (Å²) in [7, 11) is 1.82. The average Bonchev–Trinajstić information content (AvgIpc) is 2.00. The third-order valence-electron chi connectivity index (χ3n) is 2.11. The second-order valence-corrected chi connectivity index (χ2v) is 3.15. The second-order valence-electron chi connectivity index (χ2n) is 3.15. The van der Waals surface area contributed by atoms with Crippen LogP contribution in [0.25, 0.3) is 0 Å². The van der Waals surface area contributed by atoms with E-state index in [1.807, 2.05) is 7.05 Å². The summed E-state index contributed by atoms with van der Waals surface area (Å²) in [6.07, 6.45) is 5.38. The molecule has 0 spiro atoms. The Morgan fingerprint density at radius 2 is 1.75 bits per heavy atom. The molecule has 68 valence electrons. The molecule has 0 aromatic heterocycles. The molecule has 0 amide bonds. The highest BCUT2D eigenvalue weighted by Gasteiger charge is 2.09. The van der Waals surface area contributed by atoms with Crippen LogP contribution in [0.1, 0.15) is 38.5 Å². The van der Waals surface area contributed by atoms with Crippen LogP contribution in [0.4, 0.5) is 0 Å². The van der Waals surface area contributed by atoms with E-state index in [1.165, 1.54) is 5.71 Å². The molecular formula is C9H16N2O. The van der Waals surface area contributed by atoms with Gasteiger partial charge in [0.1, 0.15) is 5.78 Å². The van der Waals surface area contributed by atoms with Gasteiger partial charge in [0.15, 0.2) is 0 Å². The van der Waals surface area contributed by atoms with Gasteiger partial charge in [0, 0.05) is 25.6 Å². The van der Waals surface area contributed by atoms with Crippen molar-refractivity contribution in [3.05, 3.63) is 0 Å². The third kappa shape index (κ3) is 3.03. The molecule has 0 atom stereocenters. The SMILES string of the molecule is CNN=C1CCCC(=O)CCC1. The lowest BCUT2D eigenvalue weighted by molar-refractivity contribution is -0.119. The Kier molecular flexibility index (Phi) is 3.77. The highest BCUT2D eigenvalue weighted by molar-refractivity contribution is 5.87. The van der Waals surface area contributed by atoms with Crippen LogP contribution in [0, 0.1) is 0 Å². The smallest absolute Gasteiger partial charge is 0.132 e. The summed E-state index contributed by atoms with van der Waals surface area (Å²) in [6.45, 7) is 0. The van der Waals surface area contributed by atoms with Crippen LogP contribution in [0.5, 0.6) is 0 Å². The highest BCUT2D eigenvalue weighted by Crippen LogP contribution is 2.12. The quantitative estimate of drug-likeness (QED) is 0.603. The van der Waals surface area contributed by atoms with Gasteiger partial charge in [0.05, 0.1) is 0 Å². The minimum atomic E-state index is 0.415. The van der Waals surface area contributed by atoms with Crippen LogP contribution in [0.3, 0.4) is 0 Å². The first-order valence-electron chi connectivity index (χ1n) is 4.57. The Hall–Kier alpha value is -0.860. The van der Waals surface area contributed by atoms with Crippen LogP contribution in [0.2, 0.25) is 0 Å². The summed E-state index contributed by atoms with van der Waals surface area (Å²) in [5.74, 6) is 0.415. The molecule has 0 aliphatic heterocycles. The zero-order valence-electron chi connectivity index (χ0n) is 7.60. The third-order valence-corrected chi connectivity index (χ3v) is 2.11. The summed E-state index contributed by atoms with van der Waals surface area (Å²) in [4.78, 5) is 11.0. The summed E-state index contributed by atoms with van der Waals surface area (Å²) in [6, 6.07) is 0. The number of nitrogens with one attached hydrogen (secondary N) is 1. The molecule has 12 heavy (non-hydrogen) atoms. The van der Waals surface area contributed by atoms with Gasteiger partial charge < -0.3 is 5.43 Å². The van der Waals surface area contributed by atoms with Gasteiger partial charge in [-0.25, -0.2) is 0 Å². The molecule has 1 fully saturated rings. The van der Waals surface area contributed by atoms with Crippen molar-refractivity contribution < 1.29 is 4.79 Å². The molecule has 0 unspecified atom stereocenters. The Bertz CT molecular complexity index is 173. The zero-order chi connectivity index (χ0) is 8.81. The van der Waals surface area contributed by atoms with E-state index in [0.29, 0.717) is 5.78 Å². The van der Waals surface area contributed by atoms with Crippen molar-refractivity contribution in [1.29, 1.82) is 0 Å². The second kappa shape index (κ2) is 4.91. The van der Waals surface area contributed by atoms with Gasteiger partial charge in [-0.05, 0) is 25.7 Å². The molecule has 0 saturated heterocycles. The highest BCUT2D eigenvalue weighted by atomic mass is 16.1. The van der Waals surface area contributed by atoms with E-state index >= 15 is 0 Å². The molecule has 1 rings (SSSR count). The lowest BCUT2D eigenvalue weighted by Gasteiger charge is -2.09. The van der Waals surface area contributed by atoms with E-state index in [2.05, 4.69) is 10.5 Å². The zero-order valence-corrected chi connectivity index (χ0v) is 7.60. The van der Waals surface area contributed by atoms with Gasteiger partial charge in [-0.3, -0.25) is 4.79 Å². The lowest BCUT2D eigenvalue weighted by Crippen LogP contribution is -2.11.